The number of nitrogens with one attached hydrogen (secondary N) is 1. The van der Waals surface area contributed by atoms with E-state index in [-0.39, 0.29) is 54.8 Å². The Kier molecular flexibility index (Phi) is 12.4. The minimum absolute atomic E-state index is 0. The van der Waals surface area contributed by atoms with Gasteiger partial charge in [0.1, 0.15) is 11.6 Å². The smallest absolute Gasteiger partial charge is 0.409 e. The van der Waals surface area contributed by atoms with Crippen LogP contribution in [0.3, 0.4) is 0 Å². The summed E-state index contributed by atoms with van der Waals surface area (Å²) in [4.78, 5) is 44.8. The Labute approximate surface area is 238 Å². The number of piperazine rings is 1. The molecule has 1 aromatic heterocycles. The SMILES string of the molecule is CCOC(=O)N1CCN(c2cc(C(=O)O)c3cc(NC(=O)c4ccc(OC)cc4)ccc3n2)CC1.Cl.Cl.Cl. The van der Waals surface area contributed by atoms with Gasteiger partial charge < -0.3 is 29.7 Å². The van der Waals surface area contributed by atoms with Gasteiger partial charge in [-0.15, -0.1) is 37.2 Å². The van der Waals surface area contributed by atoms with Crippen molar-refractivity contribution in [1.82, 2.24) is 9.88 Å². The van der Waals surface area contributed by atoms with E-state index in [1.807, 2.05) is 4.90 Å². The third-order valence-electron chi connectivity index (χ3n) is 5.77. The zero-order chi connectivity index (χ0) is 24.9. The molecule has 1 saturated heterocycles. The molecule has 1 aliphatic heterocycles. The second kappa shape index (κ2) is 14.5. The molecule has 3 aromatic rings. The Morgan fingerprint density at radius 3 is 2.21 bits per heavy atom. The number of amides is 2. The number of methoxy groups -OCH3 is 1. The minimum atomic E-state index is -1.09. The number of hydrogen-bond acceptors (Lipinski definition) is 7. The van der Waals surface area contributed by atoms with Gasteiger partial charge in [0.15, 0.2) is 0 Å². The number of aromatic nitrogens is 1. The average molecular weight is 588 g/mol. The molecule has 1 fully saturated rings. The van der Waals surface area contributed by atoms with E-state index in [9.17, 15) is 19.5 Å². The lowest BCUT2D eigenvalue weighted by Gasteiger charge is -2.35. The van der Waals surface area contributed by atoms with Crippen LogP contribution in [0.25, 0.3) is 10.9 Å². The zero-order valence-corrected chi connectivity index (χ0v) is 23.2. The molecule has 0 unspecified atom stereocenters. The number of rotatable bonds is 6. The summed E-state index contributed by atoms with van der Waals surface area (Å²) in [5, 5.41) is 13.1. The van der Waals surface area contributed by atoms with Crippen molar-refractivity contribution in [3.8, 4) is 5.75 Å². The lowest BCUT2D eigenvalue weighted by atomic mass is 10.1. The highest BCUT2D eigenvalue weighted by molar-refractivity contribution is 6.08. The van der Waals surface area contributed by atoms with E-state index in [0.29, 0.717) is 66.5 Å². The summed E-state index contributed by atoms with van der Waals surface area (Å²) in [7, 11) is 1.55. The van der Waals surface area contributed by atoms with Gasteiger partial charge in [0, 0.05) is 42.8 Å². The predicted octanol–water partition coefficient (Wildman–Crippen LogP) is 4.74. The summed E-state index contributed by atoms with van der Waals surface area (Å²) in [6.45, 7) is 4.00. The van der Waals surface area contributed by atoms with Crippen LogP contribution in [-0.2, 0) is 4.74 Å². The summed E-state index contributed by atoms with van der Waals surface area (Å²) in [6.07, 6.45) is -0.353. The van der Waals surface area contributed by atoms with Crippen LogP contribution < -0.4 is 15.0 Å². The minimum Gasteiger partial charge on any atom is -0.497 e. The molecule has 4 rings (SSSR count). The number of carboxylic acid groups (broad SMARTS) is 1. The van der Waals surface area contributed by atoms with E-state index >= 15 is 0 Å². The number of halogens is 3. The summed E-state index contributed by atoms with van der Waals surface area (Å²) >= 11 is 0. The fourth-order valence-corrected chi connectivity index (χ4v) is 3.91. The molecule has 2 heterocycles. The number of nitrogens with zero attached hydrogens (tertiary/aromatic N) is 3. The highest BCUT2D eigenvalue weighted by atomic mass is 35.5. The summed E-state index contributed by atoms with van der Waals surface area (Å²) in [5.41, 5.74) is 1.48. The van der Waals surface area contributed by atoms with E-state index in [2.05, 4.69) is 10.3 Å². The van der Waals surface area contributed by atoms with Crippen molar-refractivity contribution in [2.75, 3.05) is 50.1 Å². The van der Waals surface area contributed by atoms with Gasteiger partial charge in [0.2, 0.25) is 0 Å². The molecule has 38 heavy (non-hydrogen) atoms. The van der Waals surface area contributed by atoms with Crippen molar-refractivity contribution in [3.63, 3.8) is 0 Å². The first-order chi connectivity index (χ1) is 16.9. The van der Waals surface area contributed by atoms with Crippen LogP contribution in [0.2, 0.25) is 0 Å². The quantitative estimate of drug-likeness (QED) is 0.424. The van der Waals surface area contributed by atoms with E-state index in [0.717, 1.165) is 0 Å². The second-order valence-corrected chi connectivity index (χ2v) is 7.92. The Bertz CT molecular complexity index is 1270. The van der Waals surface area contributed by atoms with E-state index in [4.69, 9.17) is 9.47 Å². The maximum absolute atomic E-state index is 12.6. The average Bonchev–Trinajstić information content (AvgIpc) is 2.88. The number of hydrogen-bond donors (Lipinski definition) is 2. The molecule has 0 aliphatic carbocycles. The van der Waals surface area contributed by atoms with Gasteiger partial charge in [-0.3, -0.25) is 4.79 Å². The first kappa shape index (κ1) is 32.6. The third-order valence-corrected chi connectivity index (χ3v) is 5.77. The Morgan fingerprint density at radius 2 is 1.63 bits per heavy atom. The van der Waals surface area contributed by atoms with Crippen molar-refractivity contribution in [2.24, 2.45) is 0 Å². The molecule has 206 valence electrons. The largest absolute Gasteiger partial charge is 0.497 e. The van der Waals surface area contributed by atoms with Gasteiger partial charge in [-0.05, 0) is 55.5 Å². The maximum Gasteiger partial charge on any atom is 0.409 e. The van der Waals surface area contributed by atoms with Gasteiger partial charge in [0.05, 0.1) is 24.8 Å². The summed E-state index contributed by atoms with van der Waals surface area (Å²) in [5.74, 6) is -0.258. The lowest BCUT2D eigenvalue weighted by Crippen LogP contribution is -2.49. The van der Waals surface area contributed by atoms with Gasteiger partial charge in [0.25, 0.3) is 5.91 Å². The Morgan fingerprint density at radius 1 is 0.974 bits per heavy atom. The molecule has 13 heteroatoms. The third kappa shape index (κ3) is 7.31. The molecule has 1 aliphatic rings. The molecule has 0 spiro atoms. The summed E-state index contributed by atoms with van der Waals surface area (Å²) in [6, 6.07) is 13.2. The number of ether oxygens (including phenoxy) is 2. The monoisotopic (exact) mass is 586 g/mol. The topological polar surface area (TPSA) is 121 Å². The molecule has 2 aromatic carbocycles. The number of benzene rings is 2. The number of carbonyl (C=O) groups excluding carboxylic acids is 2. The van der Waals surface area contributed by atoms with Crippen molar-refractivity contribution < 1.29 is 29.0 Å². The van der Waals surface area contributed by atoms with Gasteiger partial charge >= 0.3 is 12.1 Å². The van der Waals surface area contributed by atoms with Crippen molar-refractivity contribution >= 4 is 77.6 Å². The maximum atomic E-state index is 12.6. The second-order valence-electron chi connectivity index (χ2n) is 7.92. The predicted molar refractivity (Wildman–Crippen MR) is 152 cm³/mol. The van der Waals surface area contributed by atoms with Crippen LogP contribution >= 0.6 is 37.2 Å². The van der Waals surface area contributed by atoms with Crippen LogP contribution in [0.5, 0.6) is 5.75 Å². The van der Waals surface area contributed by atoms with E-state index in [1.165, 1.54) is 6.07 Å². The van der Waals surface area contributed by atoms with Crippen LogP contribution in [0.1, 0.15) is 27.6 Å². The van der Waals surface area contributed by atoms with Crippen LogP contribution in [0.4, 0.5) is 16.3 Å². The molecule has 0 radical (unpaired) electrons. The molecule has 2 amide bonds. The van der Waals surface area contributed by atoms with Crippen LogP contribution in [0, 0.1) is 0 Å². The van der Waals surface area contributed by atoms with E-state index in [1.54, 1.807) is 61.4 Å². The highest BCUT2D eigenvalue weighted by Crippen LogP contribution is 2.27. The van der Waals surface area contributed by atoms with Gasteiger partial charge in [-0.2, -0.15) is 0 Å². The standard InChI is InChI=1S/C25H26N4O6.3ClH/c1-3-35-25(33)29-12-10-28(11-13-29)22-15-20(24(31)32)19-14-17(6-9-21(19)27-22)26-23(30)16-4-7-18(34-2)8-5-16;;;/h4-9,14-15H,3,10-13H2,1-2H3,(H,26,30)(H,31,32);3*1H. The molecule has 0 saturated carbocycles. The number of pyridine rings is 1. The van der Waals surface area contributed by atoms with Gasteiger partial charge in [-0.25, -0.2) is 14.6 Å². The molecule has 0 atom stereocenters. The normalized spacial score (nSPS) is 12.4. The van der Waals surface area contributed by atoms with Crippen molar-refractivity contribution in [3.05, 3.63) is 59.7 Å². The first-order valence-corrected chi connectivity index (χ1v) is 11.2. The molecule has 10 nitrogen and oxygen atoms in total. The molecular formula is C25H29Cl3N4O6. The van der Waals surface area contributed by atoms with Crippen molar-refractivity contribution in [1.29, 1.82) is 0 Å². The number of anilines is 2. The fourth-order valence-electron chi connectivity index (χ4n) is 3.91. The van der Waals surface area contributed by atoms with E-state index < -0.39 is 5.97 Å². The van der Waals surface area contributed by atoms with Crippen LogP contribution in [0.15, 0.2) is 48.5 Å². The van der Waals surface area contributed by atoms with Crippen LogP contribution in [-0.4, -0.2) is 72.9 Å². The van der Waals surface area contributed by atoms with Crippen molar-refractivity contribution in [2.45, 2.75) is 6.92 Å². The Hall–Kier alpha value is -3.47. The Balaban J connectivity index is 0.00000241. The first-order valence-electron chi connectivity index (χ1n) is 11.2. The number of fused-ring (bicyclic) bond motifs is 1. The molecule has 0 bridgehead atoms. The molecule has 2 N–H and O–H groups in total. The molecular weight excluding hydrogens is 559 g/mol. The highest BCUT2D eigenvalue weighted by Gasteiger charge is 2.24. The lowest BCUT2D eigenvalue weighted by molar-refractivity contribution is 0.0698. The number of carboxylic acids is 1. The number of aromatic carboxylic acids is 1. The number of carbonyl (C=O) groups is 3. The summed E-state index contributed by atoms with van der Waals surface area (Å²) < 4.78 is 10.2. The fraction of sp³-hybridized carbons (Fsp3) is 0.280. The van der Waals surface area contributed by atoms with Gasteiger partial charge in [-0.1, -0.05) is 0 Å². The zero-order valence-electron chi connectivity index (χ0n) is 20.7.